The highest BCUT2D eigenvalue weighted by Gasteiger charge is 2.22. The normalized spacial score (nSPS) is 14.6. The number of nitrogens with one attached hydrogen (secondary N) is 1. The third-order valence-corrected chi connectivity index (χ3v) is 5.15. The summed E-state index contributed by atoms with van der Waals surface area (Å²) < 4.78 is 0. The van der Waals surface area contributed by atoms with E-state index in [0.717, 1.165) is 12.0 Å². The maximum absolute atomic E-state index is 12.6. The molecule has 1 fully saturated rings. The lowest BCUT2D eigenvalue weighted by atomic mass is 10.1. The first-order valence-corrected chi connectivity index (χ1v) is 9.61. The predicted octanol–water partition coefficient (Wildman–Crippen LogP) is 4.30. The number of carbonyl (C=O) groups excluding carboxylic acids is 2. The maximum Gasteiger partial charge on any atom is 0.321 e. The second-order valence-electron chi connectivity index (χ2n) is 6.43. The predicted molar refractivity (Wildman–Crippen MR) is 108 cm³/mol. The molecule has 0 radical (unpaired) electrons. The summed E-state index contributed by atoms with van der Waals surface area (Å²) >= 11 is 12.0. The zero-order valence-corrected chi connectivity index (χ0v) is 16.3. The molecule has 3 rings (SSSR count). The molecule has 1 N–H and O–H groups in total. The molecule has 5 nitrogen and oxygen atoms in total. The summed E-state index contributed by atoms with van der Waals surface area (Å²) in [6.07, 6.45) is 1.01. The first-order valence-electron chi connectivity index (χ1n) is 8.85. The molecule has 0 bridgehead atoms. The van der Waals surface area contributed by atoms with Gasteiger partial charge in [-0.25, -0.2) is 4.79 Å². The summed E-state index contributed by atoms with van der Waals surface area (Å²) in [5.41, 5.74) is 1.52. The lowest BCUT2D eigenvalue weighted by Gasteiger charge is -2.22. The van der Waals surface area contributed by atoms with Crippen molar-refractivity contribution < 1.29 is 9.59 Å². The van der Waals surface area contributed by atoms with Crippen molar-refractivity contribution in [2.75, 3.05) is 31.5 Å². The van der Waals surface area contributed by atoms with Crippen molar-refractivity contribution >= 4 is 40.8 Å². The van der Waals surface area contributed by atoms with Crippen molar-refractivity contribution in [1.82, 2.24) is 9.80 Å². The van der Waals surface area contributed by atoms with Gasteiger partial charge < -0.3 is 15.1 Å². The van der Waals surface area contributed by atoms with Gasteiger partial charge in [-0.1, -0.05) is 41.4 Å². The fourth-order valence-electron chi connectivity index (χ4n) is 3.02. The van der Waals surface area contributed by atoms with E-state index in [-0.39, 0.29) is 18.4 Å². The fraction of sp³-hybridized carbons (Fsp3) is 0.300. The zero-order valence-electron chi connectivity index (χ0n) is 14.8. The van der Waals surface area contributed by atoms with Crippen LogP contribution in [-0.2, 0) is 11.2 Å². The highest BCUT2D eigenvalue weighted by Crippen LogP contribution is 2.17. The average molecular weight is 406 g/mol. The molecule has 2 aromatic rings. The van der Waals surface area contributed by atoms with Crippen LogP contribution >= 0.6 is 23.2 Å². The quantitative estimate of drug-likeness (QED) is 0.826. The van der Waals surface area contributed by atoms with E-state index in [1.54, 1.807) is 40.1 Å². The van der Waals surface area contributed by atoms with Crippen molar-refractivity contribution in [2.24, 2.45) is 0 Å². The second kappa shape index (κ2) is 9.11. The molecular weight excluding hydrogens is 385 g/mol. The lowest BCUT2D eigenvalue weighted by molar-refractivity contribution is -0.130. The highest BCUT2D eigenvalue weighted by atomic mass is 35.5. The van der Waals surface area contributed by atoms with Crippen LogP contribution in [0.5, 0.6) is 0 Å². The van der Waals surface area contributed by atoms with E-state index in [1.165, 1.54) is 0 Å². The molecule has 0 atom stereocenters. The number of carbonyl (C=O) groups is 2. The Balaban J connectivity index is 1.55. The standard InChI is InChI=1S/C20H21Cl2N3O2/c21-16-6-8-17(9-7-16)23-20(27)25-11-3-10-24(12-13-25)19(26)14-15-4-1-2-5-18(15)22/h1-2,4-9H,3,10-14H2,(H,23,27). The van der Waals surface area contributed by atoms with Gasteiger partial charge in [-0.05, 0) is 42.3 Å². The minimum atomic E-state index is -0.169. The minimum absolute atomic E-state index is 0.0306. The van der Waals surface area contributed by atoms with E-state index in [4.69, 9.17) is 23.2 Å². The molecule has 1 aliphatic rings. The van der Waals surface area contributed by atoms with Gasteiger partial charge in [0.2, 0.25) is 5.91 Å². The molecule has 0 spiro atoms. The van der Waals surface area contributed by atoms with Gasteiger partial charge in [0.1, 0.15) is 0 Å². The third kappa shape index (κ3) is 5.37. The number of benzene rings is 2. The molecule has 3 amide bonds. The van der Waals surface area contributed by atoms with Crippen LogP contribution in [0.4, 0.5) is 10.5 Å². The monoisotopic (exact) mass is 405 g/mol. The van der Waals surface area contributed by atoms with Gasteiger partial charge in [-0.15, -0.1) is 0 Å². The molecule has 7 heteroatoms. The maximum atomic E-state index is 12.6. The number of hydrogen-bond acceptors (Lipinski definition) is 2. The largest absolute Gasteiger partial charge is 0.341 e. The number of rotatable bonds is 3. The van der Waals surface area contributed by atoms with Gasteiger partial charge in [-0.3, -0.25) is 4.79 Å². The van der Waals surface area contributed by atoms with E-state index in [1.807, 2.05) is 18.2 Å². The molecule has 1 heterocycles. The second-order valence-corrected chi connectivity index (χ2v) is 7.27. The molecule has 27 heavy (non-hydrogen) atoms. The molecule has 1 aliphatic heterocycles. The van der Waals surface area contributed by atoms with Crippen LogP contribution in [0.25, 0.3) is 0 Å². The summed E-state index contributed by atoms with van der Waals surface area (Å²) in [5, 5.41) is 4.09. The van der Waals surface area contributed by atoms with Crippen molar-refractivity contribution in [2.45, 2.75) is 12.8 Å². The molecule has 142 valence electrons. The third-order valence-electron chi connectivity index (χ3n) is 4.53. The van der Waals surface area contributed by atoms with Crippen LogP contribution in [0.15, 0.2) is 48.5 Å². The van der Waals surface area contributed by atoms with Crippen molar-refractivity contribution in [3.8, 4) is 0 Å². The zero-order chi connectivity index (χ0) is 19.2. The SMILES string of the molecule is O=C(Cc1ccccc1Cl)N1CCCN(C(=O)Nc2ccc(Cl)cc2)CC1. The Labute approximate surface area is 168 Å². The number of hydrogen-bond donors (Lipinski definition) is 1. The van der Waals surface area contributed by atoms with Crippen LogP contribution in [0.3, 0.4) is 0 Å². The summed E-state index contributed by atoms with van der Waals surface area (Å²) in [6, 6.07) is 14.2. The van der Waals surface area contributed by atoms with Crippen molar-refractivity contribution in [1.29, 1.82) is 0 Å². The Kier molecular flexibility index (Phi) is 6.58. The van der Waals surface area contributed by atoms with Crippen LogP contribution in [-0.4, -0.2) is 47.9 Å². The molecule has 2 aromatic carbocycles. The fourth-order valence-corrected chi connectivity index (χ4v) is 3.35. The van der Waals surface area contributed by atoms with Crippen LogP contribution in [0, 0.1) is 0 Å². The van der Waals surface area contributed by atoms with E-state index < -0.39 is 0 Å². The van der Waals surface area contributed by atoms with Crippen molar-refractivity contribution in [3.05, 3.63) is 64.1 Å². The summed E-state index contributed by atoms with van der Waals surface area (Å²) in [6.45, 7) is 2.24. The number of amides is 3. The van der Waals surface area contributed by atoms with Crippen LogP contribution in [0.1, 0.15) is 12.0 Å². The van der Waals surface area contributed by atoms with Gasteiger partial charge in [0, 0.05) is 41.9 Å². The van der Waals surface area contributed by atoms with Gasteiger partial charge >= 0.3 is 6.03 Å². The van der Waals surface area contributed by atoms with Crippen LogP contribution < -0.4 is 5.32 Å². The minimum Gasteiger partial charge on any atom is -0.341 e. The molecule has 0 saturated carbocycles. The Morgan fingerprint density at radius 3 is 2.30 bits per heavy atom. The first kappa shape index (κ1) is 19.5. The lowest BCUT2D eigenvalue weighted by Crippen LogP contribution is -2.39. The molecule has 1 saturated heterocycles. The van der Waals surface area contributed by atoms with E-state index >= 15 is 0 Å². The summed E-state index contributed by atoms with van der Waals surface area (Å²) in [7, 11) is 0. The Morgan fingerprint density at radius 1 is 0.889 bits per heavy atom. The Morgan fingerprint density at radius 2 is 1.56 bits per heavy atom. The van der Waals surface area contributed by atoms with E-state index in [9.17, 15) is 9.59 Å². The first-order chi connectivity index (χ1) is 13.0. The topological polar surface area (TPSA) is 52.7 Å². The number of urea groups is 1. The van der Waals surface area contributed by atoms with Crippen molar-refractivity contribution in [3.63, 3.8) is 0 Å². The molecular formula is C20H21Cl2N3O2. The van der Waals surface area contributed by atoms with Gasteiger partial charge in [0.25, 0.3) is 0 Å². The molecule has 0 aromatic heterocycles. The number of halogens is 2. The van der Waals surface area contributed by atoms with Gasteiger partial charge in [0.05, 0.1) is 6.42 Å². The molecule has 0 aliphatic carbocycles. The Hall–Kier alpha value is -2.24. The van der Waals surface area contributed by atoms with E-state index in [0.29, 0.717) is 41.9 Å². The van der Waals surface area contributed by atoms with Gasteiger partial charge in [0.15, 0.2) is 0 Å². The summed E-state index contributed by atoms with van der Waals surface area (Å²) in [4.78, 5) is 28.6. The highest BCUT2D eigenvalue weighted by molar-refractivity contribution is 6.31. The van der Waals surface area contributed by atoms with E-state index in [2.05, 4.69) is 5.32 Å². The summed E-state index contributed by atoms with van der Waals surface area (Å²) in [5.74, 6) is 0.0306. The smallest absolute Gasteiger partial charge is 0.321 e. The number of anilines is 1. The number of nitrogens with zero attached hydrogens (tertiary/aromatic N) is 2. The van der Waals surface area contributed by atoms with Crippen LogP contribution in [0.2, 0.25) is 10.0 Å². The average Bonchev–Trinajstić information content (AvgIpc) is 2.92. The Bertz CT molecular complexity index is 811. The molecule has 0 unspecified atom stereocenters. The van der Waals surface area contributed by atoms with Gasteiger partial charge in [-0.2, -0.15) is 0 Å².